The molecule has 1 fully saturated rings. The van der Waals surface area contributed by atoms with Gasteiger partial charge in [0.05, 0.1) is 7.11 Å². The van der Waals surface area contributed by atoms with Crippen LogP contribution in [-0.2, 0) is 5.41 Å². The minimum Gasteiger partial charge on any atom is -0.497 e. The first kappa shape index (κ1) is 15.4. The maximum absolute atomic E-state index is 5.43. The number of rotatable bonds is 6. The monoisotopic (exact) mass is 275 g/mol. The first-order valence-corrected chi connectivity index (χ1v) is 8.16. The molecule has 0 heterocycles. The molecule has 1 N–H and O–H groups in total. The van der Waals surface area contributed by atoms with Crippen molar-refractivity contribution in [3.05, 3.63) is 29.8 Å². The van der Waals surface area contributed by atoms with E-state index in [1.807, 2.05) is 6.07 Å². The number of hydrogen-bond donors (Lipinski definition) is 1. The zero-order valence-electron chi connectivity index (χ0n) is 13.1. The number of methoxy groups -OCH3 is 1. The molecular weight excluding hydrogens is 246 g/mol. The SMILES string of the molecule is CCCNCC1(c2cccc(OC)c2)CCCCCC1. The summed E-state index contributed by atoms with van der Waals surface area (Å²) in [4.78, 5) is 0. The molecule has 20 heavy (non-hydrogen) atoms. The fourth-order valence-electron chi connectivity index (χ4n) is 3.43. The van der Waals surface area contributed by atoms with Gasteiger partial charge in [-0.05, 0) is 43.5 Å². The molecule has 0 spiro atoms. The normalized spacial score (nSPS) is 18.5. The van der Waals surface area contributed by atoms with Crippen LogP contribution < -0.4 is 10.1 Å². The average molecular weight is 275 g/mol. The lowest BCUT2D eigenvalue weighted by Gasteiger charge is -2.34. The molecule has 0 aliphatic heterocycles. The number of hydrogen-bond acceptors (Lipinski definition) is 2. The first-order valence-electron chi connectivity index (χ1n) is 8.16. The van der Waals surface area contributed by atoms with Crippen LogP contribution in [0.4, 0.5) is 0 Å². The summed E-state index contributed by atoms with van der Waals surface area (Å²) in [6, 6.07) is 8.73. The lowest BCUT2D eigenvalue weighted by atomic mass is 9.74. The van der Waals surface area contributed by atoms with Crippen LogP contribution in [0, 0.1) is 0 Å². The Kier molecular flexibility index (Phi) is 5.90. The van der Waals surface area contributed by atoms with Crippen molar-refractivity contribution in [1.82, 2.24) is 5.32 Å². The van der Waals surface area contributed by atoms with Crippen LogP contribution in [-0.4, -0.2) is 20.2 Å². The minimum absolute atomic E-state index is 0.306. The van der Waals surface area contributed by atoms with Crippen LogP contribution >= 0.6 is 0 Å². The van der Waals surface area contributed by atoms with Crippen LogP contribution in [0.1, 0.15) is 57.4 Å². The van der Waals surface area contributed by atoms with Crippen molar-refractivity contribution in [3.8, 4) is 5.75 Å². The largest absolute Gasteiger partial charge is 0.497 e. The van der Waals surface area contributed by atoms with Crippen molar-refractivity contribution in [2.75, 3.05) is 20.2 Å². The Bertz CT molecular complexity index is 394. The molecule has 2 heteroatoms. The van der Waals surface area contributed by atoms with Gasteiger partial charge in [0.25, 0.3) is 0 Å². The van der Waals surface area contributed by atoms with Gasteiger partial charge in [0.1, 0.15) is 5.75 Å². The van der Waals surface area contributed by atoms with E-state index < -0.39 is 0 Å². The second-order valence-electron chi connectivity index (χ2n) is 6.10. The summed E-state index contributed by atoms with van der Waals surface area (Å²) in [6.07, 6.45) is 9.29. The highest BCUT2D eigenvalue weighted by Crippen LogP contribution is 2.39. The van der Waals surface area contributed by atoms with Gasteiger partial charge >= 0.3 is 0 Å². The zero-order chi connectivity index (χ0) is 14.3. The Hall–Kier alpha value is -1.02. The van der Waals surface area contributed by atoms with E-state index in [0.717, 1.165) is 18.8 Å². The van der Waals surface area contributed by atoms with E-state index in [9.17, 15) is 0 Å². The highest BCUT2D eigenvalue weighted by molar-refractivity contribution is 5.34. The smallest absolute Gasteiger partial charge is 0.119 e. The Morgan fingerprint density at radius 1 is 1.15 bits per heavy atom. The summed E-state index contributed by atoms with van der Waals surface area (Å²) in [5.74, 6) is 0.988. The molecule has 2 nitrogen and oxygen atoms in total. The molecule has 0 bridgehead atoms. The van der Waals surface area contributed by atoms with Gasteiger partial charge in [0.2, 0.25) is 0 Å². The molecule has 0 saturated heterocycles. The van der Waals surface area contributed by atoms with Crippen LogP contribution in [0.2, 0.25) is 0 Å². The molecule has 1 aromatic carbocycles. The standard InChI is InChI=1S/C18H29NO/c1-3-13-19-15-18(11-6-4-5-7-12-18)16-9-8-10-17(14-16)20-2/h8-10,14,19H,3-7,11-13,15H2,1-2H3. The van der Waals surface area contributed by atoms with Crippen molar-refractivity contribution in [2.45, 2.75) is 57.3 Å². The van der Waals surface area contributed by atoms with Gasteiger partial charge in [-0.15, -0.1) is 0 Å². The van der Waals surface area contributed by atoms with Crippen LogP contribution in [0.5, 0.6) is 5.75 Å². The molecule has 1 aliphatic rings. The van der Waals surface area contributed by atoms with E-state index in [0.29, 0.717) is 5.41 Å². The molecule has 0 radical (unpaired) electrons. The minimum atomic E-state index is 0.306. The maximum Gasteiger partial charge on any atom is 0.119 e. The van der Waals surface area contributed by atoms with E-state index in [1.165, 1.54) is 50.5 Å². The van der Waals surface area contributed by atoms with Crippen molar-refractivity contribution in [2.24, 2.45) is 0 Å². The Morgan fingerprint density at radius 2 is 1.90 bits per heavy atom. The fraction of sp³-hybridized carbons (Fsp3) is 0.667. The Morgan fingerprint density at radius 3 is 2.55 bits per heavy atom. The summed E-state index contributed by atoms with van der Waals surface area (Å²) >= 11 is 0. The Balaban J connectivity index is 2.23. The number of benzene rings is 1. The van der Waals surface area contributed by atoms with Gasteiger partial charge in [0, 0.05) is 12.0 Å². The van der Waals surface area contributed by atoms with Crippen LogP contribution in [0.25, 0.3) is 0 Å². The lowest BCUT2D eigenvalue weighted by molar-refractivity contribution is 0.345. The van der Waals surface area contributed by atoms with Gasteiger partial charge in [-0.2, -0.15) is 0 Å². The van der Waals surface area contributed by atoms with E-state index in [1.54, 1.807) is 7.11 Å². The molecule has 1 aliphatic carbocycles. The van der Waals surface area contributed by atoms with E-state index in [4.69, 9.17) is 4.74 Å². The third-order valence-corrected chi connectivity index (χ3v) is 4.63. The van der Waals surface area contributed by atoms with E-state index in [-0.39, 0.29) is 0 Å². The molecule has 2 rings (SSSR count). The zero-order valence-corrected chi connectivity index (χ0v) is 13.1. The van der Waals surface area contributed by atoms with Crippen LogP contribution in [0.3, 0.4) is 0 Å². The second-order valence-corrected chi connectivity index (χ2v) is 6.10. The average Bonchev–Trinajstić information content (AvgIpc) is 2.74. The van der Waals surface area contributed by atoms with Gasteiger partial charge < -0.3 is 10.1 Å². The number of ether oxygens (including phenoxy) is 1. The molecule has 0 aromatic heterocycles. The predicted octanol–water partition coefficient (Wildman–Crippen LogP) is 4.29. The van der Waals surface area contributed by atoms with Crippen LogP contribution in [0.15, 0.2) is 24.3 Å². The van der Waals surface area contributed by atoms with Gasteiger partial charge in [-0.3, -0.25) is 0 Å². The van der Waals surface area contributed by atoms with Gasteiger partial charge in [0.15, 0.2) is 0 Å². The maximum atomic E-state index is 5.43. The second kappa shape index (κ2) is 7.68. The van der Waals surface area contributed by atoms with E-state index in [2.05, 4.69) is 30.4 Å². The summed E-state index contributed by atoms with van der Waals surface area (Å²) in [7, 11) is 1.76. The molecule has 1 aromatic rings. The van der Waals surface area contributed by atoms with Crippen molar-refractivity contribution in [1.29, 1.82) is 0 Å². The third-order valence-electron chi connectivity index (χ3n) is 4.63. The molecule has 112 valence electrons. The van der Waals surface area contributed by atoms with Crippen molar-refractivity contribution in [3.63, 3.8) is 0 Å². The predicted molar refractivity (Wildman–Crippen MR) is 85.5 cm³/mol. The summed E-state index contributed by atoms with van der Waals surface area (Å²) in [5.41, 5.74) is 1.77. The van der Waals surface area contributed by atoms with Crippen molar-refractivity contribution < 1.29 is 4.74 Å². The van der Waals surface area contributed by atoms with Gasteiger partial charge in [-0.25, -0.2) is 0 Å². The fourth-order valence-corrected chi connectivity index (χ4v) is 3.43. The summed E-state index contributed by atoms with van der Waals surface area (Å²) in [5, 5.41) is 3.67. The highest BCUT2D eigenvalue weighted by Gasteiger charge is 2.32. The Labute approximate surface area is 123 Å². The topological polar surface area (TPSA) is 21.3 Å². The van der Waals surface area contributed by atoms with E-state index >= 15 is 0 Å². The molecule has 1 saturated carbocycles. The number of nitrogens with one attached hydrogen (secondary N) is 1. The lowest BCUT2D eigenvalue weighted by Crippen LogP contribution is -2.38. The quantitative estimate of drug-likeness (QED) is 0.618. The molecule has 0 atom stereocenters. The first-order chi connectivity index (χ1) is 9.80. The third kappa shape index (κ3) is 3.76. The summed E-state index contributed by atoms with van der Waals surface area (Å²) in [6.45, 7) is 4.46. The molecular formula is C18H29NO. The highest BCUT2D eigenvalue weighted by atomic mass is 16.5. The molecule has 0 amide bonds. The molecule has 0 unspecified atom stereocenters. The summed E-state index contributed by atoms with van der Waals surface area (Å²) < 4.78 is 5.43. The van der Waals surface area contributed by atoms with Crippen molar-refractivity contribution >= 4 is 0 Å². The van der Waals surface area contributed by atoms with Gasteiger partial charge in [-0.1, -0.05) is 44.7 Å².